The maximum atomic E-state index is 13.0. The van der Waals surface area contributed by atoms with E-state index in [0.717, 1.165) is 0 Å². The van der Waals surface area contributed by atoms with Crippen molar-refractivity contribution in [2.45, 2.75) is 20.0 Å². The summed E-state index contributed by atoms with van der Waals surface area (Å²) in [5.41, 5.74) is 1.33. The van der Waals surface area contributed by atoms with Crippen molar-refractivity contribution in [1.29, 1.82) is 0 Å². The van der Waals surface area contributed by atoms with Crippen molar-refractivity contribution >= 4 is 45.7 Å². The summed E-state index contributed by atoms with van der Waals surface area (Å²) in [7, 11) is 0. The number of hydrogen-bond donors (Lipinski definition) is 1. The summed E-state index contributed by atoms with van der Waals surface area (Å²) in [6.45, 7) is 3.49. The number of carbonyl (C=O) groups is 1. The minimum absolute atomic E-state index is 0.140. The first-order valence-electron chi connectivity index (χ1n) is 8.56. The molecule has 6 nitrogen and oxygen atoms in total. The summed E-state index contributed by atoms with van der Waals surface area (Å²) in [4.78, 5) is 30.4. The third-order valence-electron chi connectivity index (χ3n) is 4.22. The first-order valence-corrected chi connectivity index (χ1v) is 9.32. The average Bonchev–Trinajstić information content (AvgIpc) is 3.01. The van der Waals surface area contributed by atoms with Gasteiger partial charge in [-0.05, 0) is 44.2 Å². The number of esters is 1. The van der Waals surface area contributed by atoms with Crippen LogP contribution in [0.3, 0.4) is 0 Å². The monoisotopic (exact) mass is 415 g/mol. The van der Waals surface area contributed by atoms with Crippen LogP contribution in [0.2, 0.25) is 10.0 Å². The highest BCUT2D eigenvalue weighted by molar-refractivity contribution is 6.36. The molecule has 0 spiro atoms. The molecule has 1 N–H and O–H groups in total. The second kappa shape index (κ2) is 6.96. The van der Waals surface area contributed by atoms with Gasteiger partial charge >= 0.3 is 5.97 Å². The topological polar surface area (TPSA) is 76.5 Å². The zero-order valence-electron chi connectivity index (χ0n) is 15.0. The number of nitrogens with one attached hydrogen (secondary N) is 1. The predicted octanol–water partition coefficient (Wildman–Crippen LogP) is 4.71. The van der Waals surface area contributed by atoms with E-state index in [1.165, 1.54) is 4.52 Å². The highest BCUT2D eigenvalue weighted by Gasteiger charge is 2.26. The van der Waals surface area contributed by atoms with Gasteiger partial charge in [-0.1, -0.05) is 35.3 Å². The van der Waals surface area contributed by atoms with Crippen molar-refractivity contribution in [3.05, 3.63) is 68.4 Å². The van der Waals surface area contributed by atoms with Crippen molar-refractivity contribution in [2.75, 3.05) is 0 Å². The maximum absolute atomic E-state index is 13.0. The van der Waals surface area contributed by atoms with Crippen molar-refractivity contribution in [2.24, 2.45) is 0 Å². The fourth-order valence-electron chi connectivity index (χ4n) is 3.04. The van der Waals surface area contributed by atoms with Gasteiger partial charge in [0.15, 0.2) is 5.65 Å². The number of ether oxygens (including phenoxy) is 1. The van der Waals surface area contributed by atoms with E-state index in [9.17, 15) is 9.59 Å². The second-order valence-corrected chi connectivity index (χ2v) is 7.38. The Kier molecular flexibility index (Phi) is 4.61. The highest BCUT2D eigenvalue weighted by Crippen LogP contribution is 2.33. The Bertz CT molecular complexity index is 1290. The molecule has 0 bridgehead atoms. The van der Waals surface area contributed by atoms with Gasteiger partial charge in [-0.3, -0.25) is 9.89 Å². The van der Waals surface area contributed by atoms with Crippen molar-refractivity contribution in [3.63, 3.8) is 0 Å². The number of rotatable bonds is 3. The van der Waals surface area contributed by atoms with Gasteiger partial charge in [-0.2, -0.15) is 4.52 Å². The summed E-state index contributed by atoms with van der Waals surface area (Å²) >= 11 is 12.4. The molecule has 0 aliphatic carbocycles. The molecule has 2 aromatic carbocycles. The smallest absolute Gasteiger partial charge is 0.344 e. The van der Waals surface area contributed by atoms with Crippen molar-refractivity contribution < 1.29 is 9.53 Å². The number of aromatic amines is 1. The van der Waals surface area contributed by atoms with Crippen LogP contribution in [0.5, 0.6) is 0 Å². The molecule has 2 aromatic heterocycles. The van der Waals surface area contributed by atoms with Crippen LogP contribution in [-0.4, -0.2) is 26.7 Å². The van der Waals surface area contributed by atoms with E-state index >= 15 is 0 Å². The van der Waals surface area contributed by atoms with Crippen LogP contribution < -0.4 is 5.56 Å². The SMILES string of the molecule is CC(C)OC(=O)c1c(-c2ccc(Cl)cc2Cl)[nH]n2c(=O)c3ccccc3nc12. The molecule has 8 heteroatoms. The molecular weight excluding hydrogens is 401 g/mol. The largest absolute Gasteiger partial charge is 0.459 e. The predicted molar refractivity (Wildman–Crippen MR) is 109 cm³/mol. The number of para-hydroxylation sites is 1. The van der Waals surface area contributed by atoms with Crippen LogP contribution in [0.15, 0.2) is 47.3 Å². The molecule has 0 radical (unpaired) electrons. The number of benzene rings is 2. The Hall–Kier alpha value is -2.83. The molecule has 0 amide bonds. The van der Waals surface area contributed by atoms with Gasteiger partial charge in [0.05, 0.1) is 27.7 Å². The van der Waals surface area contributed by atoms with Crippen molar-refractivity contribution in [3.8, 4) is 11.3 Å². The standard InChI is InChI=1S/C20H15Cl2N3O3/c1-10(2)28-20(27)16-17(12-8-7-11(21)9-14(12)22)24-25-18(16)23-15-6-4-3-5-13(15)19(25)26/h3-10,24H,1-2H3. The van der Waals surface area contributed by atoms with E-state index < -0.39 is 5.97 Å². The number of aromatic nitrogens is 3. The summed E-state index contributed by atoms with van der Waals surface area (Å²) < 4.78 is 6.63. The second-order valence-electron chi connectivity index (χ2n) is 6.53. The average molecular weight is 416 g/mol. The lowest BCUT2D eigenvalue weighted by Gasteiger charge is -2.09. The minimum atomic E-state index is -0.600. The summed E-state index contributed by atoms with van der Waals surface area (Å²) in [6.07, 6.45) is -0.344. The molecule has 142 valence electrons. The van der Waals surface area contributed by atoms with Crippen LogP contribution in [0.4, 0.5) is 0 Å². The molecule has 2 heterocycles. The van der Waals surface area contributed by atoms with E-state index in [1.807, 2.05) is 0 Å². The van der Waals surface area contributed by atoms with Gasteiger partial charge in [-0.25, -0.2) is 9.78 Å². The fourth-order valence-corrected chi connectivity index (χ4v) is 3.54. The molecule has 0 saturated heterocycles. The van der Waals surface area contributed by atoms with Gasteiger partial charge < -0.3 is 4.74 Å². The Morgan fingerprint density at radius 3 is 2.64 bits per heavy atom. The quantitative estimate of drug-likeness (QED) is 0.491. The van der Waals surface area contributed by atoms with E-state index in [4.69, 9.17) is 27.9 Å². The molecular formula is C20H15Cl2N3O3. The Labute approximate surface area is 169 Å². The minimum Gasteiger partial charge on any atom is -0.459 e. The lowest BCUT2D eigenvalue weighted by atomic mass is 10.1. The number of halogens is 2. The number of fused-ring (bicyclic) bond motifs is 2. The lowest BCUT2D eigenvalue weighted by molar-refractivity contribution is 0.0381. The molecule has 4 aromatic rings. The normalized spacial score (nSPS) is 11.5. The van der Waals surface area contributed by atoms with E-state index in [0.29, 0.717) is 32.2 Å². The van der Waals surface area contributed by atoms with Gasteiger partial charge in [0.1, 0.15) is 5.56 Å². The number of carbonyl (C=O) groups excluding carboxylic acids is 1. The number of hydrogen-bond acceptors (Lipinski definition) is 4. The zero-order valence-corrected chi connectivity index (χ0v) is 16.5. The lowest BCUT2D eigenvalue weighted by Crippen LogP contribution is -2.17. The Balaban J connectivity index is 2.11. The molecule has 0 atom stereocenters. The first-order chi connectivity index (χ1) is 13.4. The first kappa shape index (κ1) is 18.5. The van der Waals surface area contributed by atoms with Crippen LogP contribution in [0.25, 0.3) is 27.8 Å². The zero-order chi connectivity index (χ0) is 20.0. The fraction of sp³-hybridized carbons (Fsp3) is 0.150. The highest BCUT2D eigenvalue weighted by atomic mass is 35.5. The van der Waals surface area contributed by atoms with Crippen LogP contribution >= 0.6 is 23.2 Å². The van der Waals surface area contributed by atoms with Gasteiger partial charge in [0.25, 0.3) is 5.56 Å². The molecule has 0 fully saturated rings. The number of nitrogens with zero attached hydrogens (tertiary/aromatic N) is 2. The third kappa shape index (κ3) is 3.04. The molecule has 0 unspecified atom stereocenters. The molecule has 4 rings (SSSR count). The van der Waals surface area contributed by atoms with E-state index in [1.54, 1.807) is 56.3 Å². The van der Waals surface area contributed by atoms with Crippen LogP contribution in [0.1, 0.15) is 24.2 Å². The molecule has 0 aliphatic heterocycles. The van der Waals surface area contributed by atoms with Gasteiger partial charge in [0, 0.05) is 10.6 Å². The molecule has 28 heavy (non-hydrogen) atoms. The third-order valence-corrected chi connectivity index (χ3v) is 4.77. The molecule has 0 aliphatic rings. The Morgan fingerprint density at radius 1 is 1.18 bits per heavy atom. The van der Waals surface area contributed by atoms with Gasteiger partial charge in [0.2, 0.25) is 0 Å². The van der Waals surface area contributed by atoms with Crippen molar-refractivity contribution in [1.82, 2.24) is 14.6 Å². The van der Waals surface area contributed by atoms with Gasteiger partial charge in [-0.15, -0.1) is 0 Å². The summed E-state index contributed by atoms with van der Waals surface area (Å²) in [6, 6.07) is 11.8. The maximum Gasteiger partial charge on any atom is 0.344 e. The summed E-state index contributed by atoms with van der Waals surface area (Å²) in [5.74, 6) is -0.600. The van der Waals surface area contributed by atoms with E-state index in [-0.39, 0.29) is 22.9 Å². The number of H-pyrrole nitrogens is 1. The Morgan fingerprint density at radius 2 is 1.93 bits per heavy atom. The van der Waals surface area contributed by atoms with Crippen LogP contribution in [0, 0.1) is 0 Å². The molecule has 0 saturated carbocycles. The summed E-state index contributed by atoms with van der Waals surface area (Å²) in [5, 5.41) is 4.18. The van der Waals surface area contributed by atoms with Crippen LogP contribution in [-0.2, 0) is 4.74 Å². The van der Waals surface area contributed by atoms with E-state index in [2.05, 4.69) is 10.1 Å².